The molecule has 2 aromatic carbocycles. The van der Waals surface area contributed by atoms with E-state index in [1.807, 2.05) is 26.0 Å². The van der Waals surface area contributed by atoms with E-state index in [4.69, 9.17) is 5.11 Å². The number of benzene rings is 2. The molecule has 2 aliphatic heterocycles. The van der Waals surface area contributed by atoms with Gasteiger partial charge >= 0.3 is 5.97 Å². The summed E-state index contributed by atoms with van der Waals surface area (Å²) < 4.78 is 0. The minimum absolute atomic E-state index is 0.130. The highest BCUT2D eigenvalue weighted by Crippen LogP contribution is 2.54. The van der Waals surface area contributed by atoms with Crippen LogP contribution in [0.1, 0.15) is 27.0 Å². The van der Waals surface area contributed by atoms with Crippen molar-refractivity contribution in [2.45, 2.75) is 18.7 Å². The molecule has 2 heterocycles. The molecule has 1 fully saturated rings. The maximum absolute atomic E-state index is 13.0. The van der Waals surface area contributed by atoms with Gasteiger partial charge in [0.2, 0.25) is 10.8 Å². The van der Waals surface area contributed by atoms with Crippen molar-refractivity contribution in [3.8, 4) is 0 Å². The van der Waals surface area contributed by atoms with Crippen LogP contribution in [0.2, 0.25) is 0 Å². The molecule has 1 saturated heterocycles. The summed E-state index contributed by atoms with van der Waals surface area (Å²) >= 11 is 1.29. The van der Waals surface area contributed by atoms with Gasteiger partial charge in [-0.2, -0.15) is 0 Å². The number of aryl methyl sites for hydroxylation is 2. The van der Waals surface area contributed by atoms with Gasteiger partial charge < -0.3 is 10.4 Å². The molecule has 6 nitrogen and oxygen atoms in total. The van der Waals surface area contributed by atoms with Gasteiger partial charge in [-0.15, -0.1) is 11.8 Å². The van der Waals surface area contributed by atoms with Gasteiger partial charge in [0.25, 0.3) is 5.91 Å². The molecule has 2 aliphatic rings. The highest BCUT2D eigenvalue weighted by Gasteiger charge is 2.58. The second-order valence-electron chi connectivity index (χ2n) is 6.47. The first-order valence-electron chi connectivity index (χ1n) is 8.08. The standard InChI is InChI=1S/C19H16N2O4S/c1-10-7-11(2)16-14(8-10)19(18(25)20-16)21(15(22)9-26-19)13-5-3-12(4-6-13)17(23)24/h3-8H,9H2,1-2H3,(H,20,25)(H,23,24). The summed E-state index contributed by atoms with van der Waals surface area (Å²) in [5.74, 6) is -1.29. The van der Waals surface area contributed by atoms with Crippen molar-refractivity contribution >= 4 is 40.9 Å². The van der Waals surface area contributed by atoms with Gasteiger partial charge in [0.15, 0.2) is 0 Å². The number of thioether (sulfide) groups is 1. The van der Waals surface area contributed by atoms with Crippen molar-refractivity contribution in [3.63, 3.8) is 0 Å². The van der Waals surface area contributed by atoms with E-state index in [0.717, 1.165) is 22.4 Å². The first-order valence-corrected chi connectivity index (χ1v) is 9.06. The van der Waals surface area contributed by atoms with E-state index in [1.54, 1.807) is 12.1 Å². The van der Waals surface area contributed by atoms with Crippen molar-refractivity contribution in [1.29, 1.82) is 0 Å². The second-order valence-corrected chi connectivity index (χ2v) is 7.64. The molecule has 2 N–H and O–H groups in total. The van der Waals surface area contributed by atoms with Crippen LogP contribution < -0.4 is 10.2 Å². The summed E-state index contributed by atoms with van der Waals surface area (Å²) in [5, 5.41) is 12.0. The van der Waals surface area contributed by atoms with Gasteiger partial charge in [-0.1, -0.05) is 17.7 Å². The molecule has 7 heteroatoms. The van der Waals surface area contributed by atoms with Gasteiger partial charge in [-0.3, -0.25) is 14.5 Å². The van der Waals surface area contributed by atoms with E-state index in [0.29, 0.717) is 5.69 Å². The topological polar surface area (TPSA) is 86.7 Å². The number of carboxylic acid groups (broad SMARTS) is 1. The number of carboxylic acids is 1. The number of carbonyl (C=O) groups is 3. The van der Waals surface area contributed by atoms with Gasteiger partial charge in [0.05, 0.1) is 17.0 Å². The van der Waals surface area contributed by atoms with Crippen LogP contribution in [-0.4, -0.2) is 28.6 Å². The minimum atomic E-state index is -1.16. The monoisotopic (exact) mass is 368 g/mol. The van der Waals surface area contributed by atoms with Crippen molar-refractivity contribution in [3.05, 3.63) is 58.7 Å². The Morgan fingerprint density at radius 1 is 1.19 bits per heavy atom. The summed E-state index contributed by atoms with van der Waals surface area (Å²) in [6, 6.07) is 9.95. The molecule has 0 saturated carbocycles. The van der Waals surface area contributed by atoms with Crippen molar-refractivity contribution in [1.82, 2.24) is 0 Å². The predicted molar refractivity (Wildman–Crippen MR) is 99.6 cm³/mol. The van der Waals surface area contributed by atoms with Crippen LogP contribution in [0.25, 0.3) is 0 Å². The SMILES string of the molecule is Cc1cc(C)c2c(c1)C1(SCC(=O)N1c1ccc(C(=O)O)cc1)C(=O)N2. The number of hydrogen-bond acceptors (Lipinski definition) is 4. The van der Waals surface area contributed by atoms with Crippen molar-refractivity contribution in [2.75, 3.05) is 16.0 Å². The molecular formula is C19H16N2O4S. The lowest BCUT2D eigenvalue weighted by molar-refractivity contribution is -0.122. The lowest BCUT2D eigenvalue weighted by Gasteiger charge is -2.32. The molecule has 132 valence electrons. The Morgan fingerprint density at radius 3 is 2.54 bits per heavy atom. The Labute approximate surface area is 154 Å². The Balaban J connectivity index is 1.90. The summed E-state index contributed by atoms with van der Waals surface area (Å²) in [5.41, 5.74) is 4.12. The highest BCUT2D eigenvalue weighted by atomic mass is 32.2. The molecule has 1 unspecified atom stereocenters. The summed E-state index contributed by atoms with van der Waals surface area (Å²) in [7, 11) is 0. The average Bonchev–Trinajstić information content (AvgIpc) is 3.08. The number of aromatic carboxylic acids is 1. The Bertz CT molecular complexity index is 970. The number of nitrogens with one attached hydrogen (secondary N) is 1. The van der Waals surface area contributed by atoms with Crippen LogP contribution >= 0.6 is 11.8 Å². The number of anilines is 2. The molecule has 2 aromatic rings. The lowest BCUT2D eigenvalue weighted by atomic mass is 9.99. The summed E-state index contributed by atoms with van der Waals surface area (Å²) in [6.45, 7) is 3.88. The highest BCUT2D eigenvalue weighted by molar-refractivity contribution is 8.02. The lowest BCUT2D eigenvalue weighted by Crippen LogP contribution is -2.47. The first kappa shape index (κ1) is 16.7. The molecule has 0 aliphatic carbocycles. The summed E-state index contributed by atoms with van der Waals surface area (Å²) in [6.07, 6.45) is 0. The van der Waals surface area contributed by atoms with Crippen LogP contribution in [-0.2, 0) is 14.5 Å². The third-order valence-corrected chi connectivity index (χ3v) is 6.13. The number of carbonyl (C=O) groups excluding carboxylic acids is 2. The second kappa shape index (κ2) is 5.60. The average molecular weight is 368 g/mol. The van der Waals surface area contributed by atoms with Crippen molar-refractivity contribution in [2.24, 2.45) is 0 Å². The molecule has 1 spiro atoms. The van der Waals surface area contributed by atoms with E-state index in [1.165, 1.54) is 28.8 Å². The zero-order valence-electron chi connectivity index (χ0n) is 14.2. The van der Waals surface area contributed by atoms with E-state index in [9.17, 15) is 14.4 Å². The van der Waals surface area contributed by atoms with Crippen LogP contribution in [0, 0.1) is 13.8 Å². The van der Waals surface area contributed by atoms with Gasteiger partial charge in [-0.25, -0.2) is 4.79 Å². The van der Waals surface area contributed by atoms with Gasteiger partial charge in [0, 0.05) is 11.3 Å². The Morgan fingerprint density at radius 2 is 1.88 bits per heavy atom. The minimum Gasteiger partial charge on any atom is -0.478 e. The van der Waals surface area contributed by atoms with E-state index >= 15 is 0 Å². The first-order chi connectivity index (χ1) is 12.3. The number of rotatable bonds is 2. The van der Waals surface area contributed by atoms with Gasteiger partial charge in [0.1, 0.15) is 0 Å². The van der Waals surface area contributed by atoms with E-state index < -0.39 is 10.8 Å². The number of fused-ring (bicyclic) bond motifs is 2. The zero-order valence-corrected chi connectivity index (χ0v) is 15.0. The maximum atomic E-state index is 13.0. The molecule has 0 radical (unpaired) electrons. The maximum Gasteiger partial charge on any atom is 0.335 e. The number of amides is 2. The number of nitrogens with zero attached hydrogens (tertiary/aromatic N) is 1. The fourth-order valence-electron chi connectivity index (χ4n) is 3.64. The number of hydrogen-bond donors (Lipinski definition) is 2. The predicted octanol–water partition coefficient (Wildman–Crippen LogP) is 2.89. The molecule has 4 rings (SSSR count). The molecule has 0 aromatic heterocycles. The third kappa shape index (κ3) is 2.17. The molecule has 0 bridgehead atoms. The van der Waals surface area contributed by atoms with Gasteiger partial charge in [-0.05, 0) is 43.7 Å². The quantitative estimate of drug-likeness (QED) is 0.851. The summed E-state index contributed by atoms with van der Waals surface area (Å²) in [4.78, 5) is 37.1. The largest absolute Gasteiger partial charge is 0.478 e. The Kier molecular flexibility index (Phi) is 3.59. The molecule has 2 amide bonds. The van der Waals surface area contributed by atoms with E-state index in [-0.39, 0.29) is 23.1 Å². The van der Waals surface area contributed by atoms with Crippen molar-refractivity contribution < 1.29 is 19.5 Å². The van der Waals surface area contributed by atoms with Crippen LogP contribution in [0.4, 0.5) is 11.4 Å². The Hall–Kier alpha value is -2.80. The fraction of sp³-hybridized carbons (Fsp3) is 0.211. The zero-order chi connectivity index (χ0) is 18.6. The van der Waals surface area contributed by atoms with Crippen LogP contribution in [0.3, 0.4) is 0 Å². The molecule has 1 atom stereocenters. The smallest absolute Gasteiger partial charge is 0.335 e. The third-order valence-electron chi connectivity index (χ3n) is 4.73. The van der Waals surface area contributed by atoms with E-state index in [2.05, 4.69) is 5.32 Å². The molecular weight excluding hydrogens is 352 g/mol. The normalized spacial score (nSPS) is 21.2. The fourth-order valence-corrected chi connectivity index (χ4v) is 4.93. The van der Waals surface area contributed by atoms with Crippen LogP contribution in [0.5, 0.6) is 0 Å². The van der Waals surface area contributed by atoms with Crippen LogP contribution in [0.15, 0.2) is 36.4 Å². The molecule has 26 heavy (non-hydrogen) atoms.